The molecule has 7 heteroatoms. The van der Waals surface area contributed by atoms with Gasteiger partial charge < -0.3 is 19.9 Å². The Morgan fingerprint density at radius 1 is 1.38 bits per heavy atom. The highest BCUT2D eigenvalue weighted by atomic mass is 32.1. The lowest BCUT2D eigenvalue weighted by Crippen LogP contribution is -2.05. The molecular formula is C14H16N2O4S. The molecule has 0 unspecified atom stereocenters. The molecule has 112 valence electrons. The SMILES string of the molecule is COc1cc(C(=O)O)cc(NCc2sncc2C)c1OC. The van der Waals surface area contributed by atoms with Crippen LogP contribution in [0.3, 0.4) is 0 Å². The highest BCUT2D eigenvalue weighted by molar-refractivity contribution is 7.05. The number of methoxy groups -OCH3 is 2. The second-order valence-corrected chi connectivity index (χ2v) is 5.24. The Bertz CT molecular complexity index is 654. The van der Waals surface area contributed by atoms with Gasteiger partial charge in [0, 0.05) is 11.1 Å². The standard InChI is InChI=1S/C14H16N2O4S/c1-8-6-16-21-12(8)7-15-10-4-9(14(17)18)5-11(19-2)13(10)20-3/h4-6,15H,7H2,1-3H3,(H,17,18). The van der Waals surface area contributed by atoms with E-state index in [1.807, 2.05) is 6.92 Å². The van der Waals surface area contributed by atoms with E-state index < -0.39 is 5.97 Å². The van der Waals surface area contributed by atoms with E-state index in [0.717, 1.165) is 10.4 Å². The van der Waals surface area contributed by atoms with Gasteiger partial charge in [-0.15, -0.1) is 0 Å². The summed E-state index contributed by atoms with van der Waals surface area (Å²) < 4.78 is 14.6. The molecule has 2 N–H and O–H groups in total. The van der Waals surface area contributed by atoms with Gasteiger partial charge in [-0.1, -0.05) is 0 Å². The minimum Gasteiger partial charge on any atom is -0.493 e. The largest absolute Gasteiger partial charge is 0.493 e. The summed E-state index contributed by atoms with van der Waals surface area (Å²) in [5.41, 5.74) is 1.80. The molecule has 0 aliphatic rings. The zero-order chi connectivity index (χ0) is 15.4. The van der Waals surface area contributed by atoms with Crippen LogP contribution in [0.4, 0.5) is 5.69 Å². The lowest BCUT2D eigenvalue weighted by atomic mass is 10.1. The zero-order valence-electron chi connectivity index (χ0n) is 12.0. The fraction of sp³-hybridized carbons (Fsp3) is 0.286. The van der Waals surface area contributed by atoms with Crippen LogP contribution in [-0.2, 0) is 6.54 Å². The number of hydrogen-bond acceptors (Lipinski definition) is 6. The number of ether oxygens (including phenoxy) is 2. The summed E-state index contributed by atoms with van der Waals surface area (Å²) in [6, 6.07) is 2.96. The number of anilines is 1. The van der Waals surface area contributed by atoms with Crippen molar-refractivity contribution in [3.8, 4) is 11.5 Å². The number of nitrogens with one attached hydrogen (secondary N) is 1. The van der Waals surface area contributed by atoms with Gasteiger partial charge in [-0.25, -0.2) is 9.17 Å². The van der Waals surface area contributed by atoms with Gasteiger partial charge in [0.15, 0.2) is 11.5 Å². The Labute approximate surface area is 126 Å². The van der Waals surface area contributed by atoms with Crippen LogP contribution in [0.25, 0.3) is 0 Å². The normalized spacial score (nSPS) is 10.2. The van der Waals surface area contributed by atoms with Crippen molar-refractivity contribution in [2.75, 3.05) is 19.5 Å². The third kappa shape index (κ3) is 3.25. The number of benzene rings is 1. The van der Waals surface area contributed by atoms with Crippen LogP contribution >= 0.6 is 11.5 Å². The van der Waals surface area contributed by atoms with Crippen molar-refractivity contribution in [3.05, 3.63) is 34.3 Å². The summed E-state index contributed by atoms with van der Waals surface area (Å²) >= 11 is 1.40. The number of aromatic nitrogens is 1. The average Bonchev–Trinajstić information content (AvgIpc) is 2.89. The second kappa shape index (κ2) is 6.45. The summed E-state index contributed by atoms with van der Waals surface area (Å²) in [4.78, 5) is 12.3. The third-order valence-electron chi connectivity index (χ3n) is 3.01. The molecule has 0 radical (unpaired) electrons. The molecule has 0 saturated heterocycles. The summed E-state index contributed by atoms with van der Waals surface area (Å²) in [6.07, 6.45) is 1.80. The van der Waals surface area contributed by atoms with E-state index in [1.54, 1.807) is 6.20 Å². The third-order valence-corrected chi connectivity index (χ3v) is 3.91. The Morgan fingerprint density at radius 3 is 2.67 bits per heavy atom. The summed E-state index contributed by atoms with van der Waals surface area (Å²) in [5, 5.41) is 12.3. The number of carboxylic acid groups (broad SMARTS) is 1. The zero-order valence-corrected chi connectivity index (χ0v) is 12.8. The number of carboxylic acids is 1. The van der Waals surface area contributed by atoms with E-state index in [9.17, 15) is 4.79 Å². The highest BCUT2D eigenvalue weighted by Gasteiger charge is 2.16. The van der Waals surface area contributed by atoms with Gasteiger partial charge in [0.2, 0.25) is 0 Å². The highest BCUT2D eigenvalue weighted by Crippen LogP contribution is 2.37. The summed E-state index contributed by atoms with van der Waals surface area (Å²) in [5.74, 6) is -0.168. The van der Waals surface area contributed by atoms with Crippen molar-refractivity contribution in [2.45, 2.75) is 13.5 Å². The van der Waals surface area contributed by atoms with Crippen molar-refractivity contribution >= 4 is 23.2 Å². The van der Waals surface area contributed by atoms with E-state index in [4.69, 9.17) is 14.6 Å². The molecule has 1 aromatic carbocycles. The number of carbonyl (C=O) groups is 1. The minimum atomic E-state index is -1.02. The van der Waals surface area contributed by atoms with Crippen molar-refractivity contribution in [3.63, 3.8) is 0 Å². The number of aromatic carboxylic acids is 1. The molecule has 0 bridgehead atoms. The number of aryl methyl sites for hydroxylation is 1. The molecule has 0 atom stereocenters. The fourth-order valence-electron chi connectivity index (χ4n) is 1.88. The van der Waals surface area contributed by atoms with Crippen molar-refractivity contribution in [2.24, 2.45) is 0 Å². The molecule has 0 amide bonds. The first-order valence-corrected chi connectivity index (χ1v) is 6.97. The lowest BCUT2D eigenvalue weighted by molar-refractivity contribution is 0.0696. The van der Waals surface area contributed by atoms with Gasteiger partial charge in [0.1, 0.15) is 0 Å². The fourth-order valence-corrected chi connectivity index (χ4v) is 2.55. The molecule has 0 aliphatic heterocycles. The van der Waals surface area contributed by atoms with Crippen molar-refractivity contribution in [1.29, 1.82) is 0 Å². The molecule has 1 aromatic heterocycles. The van der Waals surface area contributed by atoms with Crippen LogP contribution in [0.2, 0.25) is 0 Å². The molecule has 0 saturated carbocycles. The molecule has 0 spiro atoms. The Balaban J connectivity index is 2.33. The molecular weight excluding hydrogens is 292 g/mol. The average molecular weight is 308 g/mol. The quantitative estimate of drug-likeness (QED) is 0.854. The first kappa shape index (κ1) is 15.1. The van der Waals surface area contributed by atoms with Gasteiger partial charge in [-0.3, -0.25) is 0 Å². The van der Waals surface area contributed by atoms with E-state index >= 15 is 0 Å². The first-order valence-electron chi connectivity index (χ1n) is 6.20. The molecule has 2 rings (SSSR count). The summed E-state index contributed by atoms with van der Waals surface area (Å²) in [7, 11) is 2.99. The lowest BCUT2D eigenvalue weighted by Gasteiger charge is -2.15. The van der Waals surface area contributed by atoms with Crippen LogP contribution in [-0.4, -0.2) is 29.7 Å². The van der Waals surface area contributed by atoms with Crippen LogP contribution in [0.15, 0.2) is 18.3 Å². The van der Waals surface area contributed by atoms with E-state index in [-0.39, 0.29) is 5.56 Å². The van der Waals surface area contributed by atoms with Gasteiger partial charge in [0.05, 0.1) is 32.0 Å². The summed E-state index contributed by atoms with van der Waals surface area (Å²) in [6.45, 7) is 2.52. The predicted molar refractivity (Wildman–Crippen MR) is 80.7 cm³/mol. The van der Waals surface area contributed by atoms with Gasteiger partial charge in [-0.05, 0) is 36.2 Å². The Kier molecular flexibility index (Phi) is 4.64. The smallest absolute Gasteiger partial charge is 0.335 e. The number of hydrogen-bond donors (Lipinski definition) is 2. The van der Waals surface area contributed by atoms with Gasteiger partial charge >= 0.3 is 5.97 Å². The Hall–Kier alpha value is -2.28. The molecule has 21 heavy (non-hydrogen) atoms. The van der Waals surface area contributed by atoms with Crippen LogP contribution in [0.5, 0.6) is 11.5 Å². The monoisotopic (exact) mass is 308 g/mol. The van der Waals surface area contributed by atoms with E-state index in [1.165, 1.54) is 37.9 Å². The topological polar surface area (TPSA) is 80.7 Å². The maximum atomic E-state index is 11.2. The number of nitrogens with zero attached hydrogens (tertiary/aromatic N) is 1. The van der Waals surface area contributed by atoms with Gasteiger partial charge in [-0.2, -0.15) is 0 Å². The van der Waals surface area contributed by atoms with Crippen LogP contribution in [0, 0.1) is 6.92 Å². The van der Waals surface area contributed by atoms with Gasteiger partial charge in [0.25, 0.3) is 0 Å². The molecule has 6 nitrogen and oxygen atoms in total. The minimum absolute atomic E-state index is 0.135. The Morgan fingerprint density at radius 2 is 2.14 bits per heavy atom. The second-order valence-electron chi connectivity index (χ2n) is 4.35. The maximum Gasteiger partial charge on any atom is 0.335 e. The first-order chi connectivity index (χ1) is 10.1. The molecule has 1 heterocycles. The molecule has 2 aromatic rings. The molecule has 0 aliphatic carbocycles. The molecule has 0 fully saturated rings. The van der Waals surface area contributed by atoms with Crippen LogP contribution in [0.1, 0.15) is 20.8 Å². The van der Waals surface area contributed by atoms with Crippen molar-refractivity contribution < 1.29 is 19.4 Å². The van der Waals surface area contributed by atoms with Crippen LogP contribution < -0.4 is 14.8 Å². The van der Waals surface area contributed by atoms with Crippen molar-refractivity contribution in [1.82, 2.24) is 4.37 Å². The number of rotatable bonds is 6. The van der Waals surface area contributed by atoms with E-state index in [2.05, 4.69) is 9.69 Å². The maximum absolute atomic E-state index is 11.2. The predicted octanol–water partition coefficient (Wildman–Crippen LogP) is 2.78. The van der Waals surface area contributed by atoms with E-state index in [0.29, 0.717) is 23.7 Å².